The zero-order valence-corrected chi connectivity index (χ0v) is 11.3. The Morgan fingerprint density at radius 1 is 1.47 bits per heavy atom. The molecule has 1 N–H and O–H groups in total. The van der Waals surface area contributed by atoms with Crippen molar-refractivity contribution in [3.63, 3.8) is 0 Å². The minimum atomic E-state index is -0.796. The Hall–Kier alpha value is -1.17. The first kappa shape index (κ1) is 13.9. The van der Waals surface area contributed by atoms with Gasteiger partial charge in [0.2, 0.25) is 5.88 Å². The van der Waals surface area contributed by atoms with E-state index >= 15 is 0 Å². The molecule has 1 rings (SSSR count). The summed E-state index contributed by atoms with van der Waals surface area (Å²) in [6.45, 7) is 5.39. The highest BCUT2D eigenvalue weighted by Gasteiger charge is 2.01. The highest BCUT2D eigenvalue weighted by Crippen LogP contribution is 2.09. The molecule has 1 atom stereocenters. The van der Waals surface area contributed by atoms with Crippen LogP contribution in [0.15, 0.2) is 12.4 Å². The van der Waals surface area contributed by atoms with Crippen molar-refractivity contribution in [2.24, 2.45) is 5.92 Å². The van der Waals surface area contributed by atoms with Crippen molar-refractivity contribution in [1.82, 2.24) is 9.97 Å². The van der Waals surface area contributed by atoms with Crippen LogP contribution in [0.5, 0.6) is 5.88 Å². The molecule has 0 saturated heterocycles. The Morgan fingerprint density at radius 2 is 2.24 bits per heavy atom. The van der Waals surface area contributed by atoms with E-state index in [1.165, 1.54) is 0 Å². The van der Waals surface area contributed by atoms with Crippen LogP contribution >= 0.6 is 0 Å². The molecule has 0 bridgehead atoms. The smallest absolute Gasteiger partial charge is 0.234 e. The number of nitrogens with zero attached hydrogens (tertiary/aromatic N) is 2. The van der Waals surface area contributed by atoms with Crippen molar-refractivity contribution < 1.29 is 8.95 Å². The Kier molecular flexibility index (Phi) is 5.90. The van der Waals surface area contributed by atoms with Crippen LogP contribution in [0.2, 0.25) is 0 Å². The van der Waals surface area contributed by atoms with Gasteiger partial charge in [0.1, 0.15) is 5.82 Å². The fraction of sp³-hybridized carbons (Fsp3) is 0.636. The van der Waals surface area contributed by atoms with Crippen LogP contribution in [-0.2, 0) is 10.8 Å². The minimum absolute atomic E-state index is 0.455. The van der Waals surface area contributed by atoms with Crippen molar-refractivity contribution in [2.45, 2.75) is 13.8 Å². The number of aromatic nitrogens is 2. The number of rotatable bonds is 7. The number of anilines is 1. The molecule has 1 aromatic heterocycles. The predicted molar refractivity (Wildman–Crippen MR) is 69.8 cm³/mol. The van der Waals surface area contributed by atoms with E-state index in [9.17, 15) is 4.21 Å². The fourth-order valence-corrected chi connectivity index (χ4v) is 1.47. The van der Waals surface area contributed by atoms with Gasteiger partial charge in [-0.2, -0.15) is 4.98 Å². The summed E-state index contributed by atoms with van der Waals surface area (Å²) in [4.78, 5) is 8.28. The Morgan fingerprint density at radius 3 is 2.88 bits per heavy atom. The first-order valence-corrected chi connectivity index (χ1v) is 7.29. The molecule has 0 fully saturated rings. The summed E-state index contributed by atoms with van der Waals surface area (Å²) in [5.41, 5.74) is 0. The molecule has 0 unspecified atom stereocenters. The van der Waals surface area contributed by atoms with E-state index in [1.807, 2.05) is 0 Å². The maximum absolute atomic E-state index is 10.9. The summed E-state index contributed by atoms with van der Waals surface area (Å²) in [6, 6.07) is 0. The van der Waals surface area contributed by atoms with Gasteiger partial charge in [-0.05, 0) is 5.92 Å². The second-order valence-corrected chi connectivity index (χ2v) is 5.71. The van der Waals surface area contributed by atoms with Crippen LogP contribution < -0.4 is 10.1 Å². The third-order valence-corrected chi connectivity index (χ3v) is 2.65. The van der Waals surface area contributed by atoms with Gasteiger partial charge < -0.3 is 10.1 Å². The van der Waals surface area contributed by atoms with E-state index in [-0.39, 0.29) is 0 Å². The third-order valence-electron chi connectivity index (χ3n) is 1.87. The van der Waals surface area contributed by atoms with Crippen molar-refractivity contribution in [3.05, 3.63) is 12.4 Å². The molecule has 0 radical (unpaired) electrons. The molecule has 17 heavy (non-hydrogen) atoms. The summed E-state index contributed by atoms with van der Waals surface area (Å²) in [6.07, 6.45) is 4.89. The lowest BCUT2D eigenvalue weighted by atomic mass is 10.2. The molecule has 0 saturated carbocycles. The Labute approximate surface area is 104 Å². The summed E-state index contributed by atoms with van der Waals surface area (Å²) in [5, 5.41) is 3.06. The maximum Gasteiger partial charge on any atom is 0.234 e. The van der Waals surface area contributed by atoms with E-state index < -0.39 is 10.8 Å². The van der Waals surface area contributed by atoms with Gasteiger partial charge in [0.25, 0.3) is 0 Å². The molecule has 6 heteroatoms. The van der Waals surface area contributed by atoms with Gasteiger partial charge >= 0.3 is 0 Å². The summed E-state index contributed by atoms with van der Waals surface area (Å²) in [5.74, 6) is 2.22. The predicted octanol–water partition coefficient (Wildman–Crippen LogP) is 1.30. The van der Waals surface area contributed by atoms with Crippen LogP contribution in [0, 0.1) is 5.92 Å². The molecule has 0 aliphatic rings. The highest BCUT2D eigenvalue weighted by atomic mass is 32.2. The third kappa shape index (κ3) is 6.21. The number of ether oxygens (including phenoxy) is 1. The topological polar surface area (TPSA) is 64.1 Å². The van der Waals surface area contributed by atoms with Crippen molar-refractivity contribution in [3.8, 4) is 5.88 Å². The molecule has 0 aromatic carbocycles. The lowest BCUT2D eigenvalue weighted by molar-refractivity contribution is 0.260. The lowest BCUT2D eigenvalue weighted by Crippen LogP contribution is -2.12. The van der Waals surface area contributed by atoms with Gasteiger partial charge in [-0.3, -0.25) is 9.19 Å². The van der Waals surface area contributed by atoms with Crippen LogP contribution in [-0.4, -0.2) is 39.3 Å². The first-order valence-electron chi connectivity index (χ1n) is 5.56. The second-order valence-electron chi connectivity index (χ2n) is 4.15. The first-order chi connectivity index (χ1) is 8.08. The van der Waals surface area contributed by atoms with Crippen LogP contribution in [0.25, 0.3) is 0 Å². The van der Waals surface area contributed by atoms with Gasteiger partial charge in [-0.15, -0.1) is 0 Å². The van der Waals surface area contributed by atoms with Gasteiger partial charge in [0.15, 0.2) is 0 Å². The van der Waals surface area contributed by atoms with Gasteiger partial charge in [-0.25, -0.2) is 0 Å². The van der Waals surface area contributed by atoms with E-state index in [0.29, 0.717) is 36.5 Å². The molecule has 1 heterocycles. The van der Waals surface area contributed by atoms with Gasteiger partial charge in [-0.1, -0.05) is 13.8 Å². The molecule has 0 aliphatic heterocycles. The zero-order chi connectivity index (χ0) is 12.7. The second kappa shape index (κ2) is 7.21. The molecule has 96 valence electrons. The molecule has 0 amide bonds. The van der Waals surface area contributed by atoms with Crippen LogP contribution in [0.1, 0.15) is 13.8 Å². The molecular formula is C11H19N3O2S. The number of hydrogen-bond acceptors (Lipinski definition) is 5. The Balaban J connectivity index is 2.45. The van der Waals surface area contributed by atoms with Gasteiger partial charge in [0, 0.05) is 29.4 Å². The normalized spacial score (nSPS) is 12.5. The molecule has 1 aromatic rings. The highest BCUT2D eigenvalue weighted by molar-refractivity contribution is 7.84. The minimum Gasteiger partial charge on any atom is -0.476 e. The SMILES string of the molecule is CC(C)COc1cncc(NCC[S@@](C)=O)n1. The molecule has 0 spiro atoms. The average Bonchev–Trinajstić information content (AvgIpc) is 2.26. The van der Waals surface area contributed by atoms with Crippen molar-refractivity contribution >= 4 is 16.6 Å². The molecule has 0 aliphatic carbocycles. The van der Waals surface area contributed by atoms with Crippen molar-refractivity contribution in [1.29, 1.82) is 0 Å². The average molecular weight is 257 g/mol. The maximum atomic E-state index is 10.9. The van der Waals surface area contributed by atoms with E-state index in [1.54, 1.807) is 18.6 Å². The largest absolute Gasteiger partial charge is 0.476 e. The standard InChI is InChI=1S/C11H19N3O2S/c1-9(2)8-16-11-7-12-6-10(14-11)13-4-5-17(3)15/h6-7,9H,4-5,8H2,1-3H3,(H,13,14)/t17-/m1/s1. The quantitative estimate of drug-likeness (QED) is 0.797. The molecular weight excluding hydrogens is 238 g/mol. The van der Waals surface area contributed by atoms with E-state index in [4.69, 9.17) is 4.74 Å². The number of hydrogen-bond donors (Lipinski definition) is 1. The monoisotopic (exact) mass is 257 g/mol. The zero-order valence-electron chi connectivity index (χ0n) is 10.5. The Bertz CT molecular complexity index is 371. The van der Waals surface area contributed by atoms with Crippen molar-refractivity contribution in [2.75, 3.05) is 30.5 Å². The lowest BCUT2D eigenvalue weighted by Gasteiger charge is -2.09. The van der Waals surface area contributed by atoms with Crippen LogP contribution in [0.3, 0.4) is 0 Å². The van der Waals surface area contributed by atoms with E-state index in [0.717, 1.165) is 0 Å². The number of nitrogens with one attached hydrogen (secondary N) is 1. The summed E-state index contributed by atoms with van der Waals surface area (Å²) in [7, 11) is -0.796. The summed E-state index contributed by atoms with van der Waals surface area (Å²) < 4.78 is 16.4. The van der Waals surface area contributed by atoms with Crippen LogP contribution in [0.4, 0.5) is 5.82 Å². The summed E-state index contributed by atoms with van der Waals surface area (Å²) >= 11 is 0. The fourth-order valence-electron chi connectivity index (χ4n) is 1.08. The van der Waals surface area contributed by atoms with Gasteiger partial charge in [0.05, 0.1) is 19.0 Å². The molecule has 5 nitrogen and oxygen atoms in total. The van der Waals surface area contributed by atoms with E-state index in [2.05, 4.69) is 29.1 Å².